The lowest BCUT2D eigenvalue weighted by Gasteiger charge is -2.63. The lowest BCUT2D eigenvalue weighted by molar-refractivity contribution is -0.152. The SMILES string of the molecule is CC[C@H]1C[C@@H]2[C@H](CC[C@]3(C)[C@@H]([C@H](C)CNC(=O)NS(=O)(=O)c4ccccc4)CC[C@@H]23)[C@@]2(C)CC[C@@H](O)C[C@@H]12. The molecule has 4 saturated carbocycles. The summed E-state index contributed by atoms with van der Waals surface area (Å²) in [6, 6.07) is 7.36. The van der Waals surface area contributed by atoms with Crippen molar-refractivity contribution in [1.82, 2.24) is 10.0 Å². The first-order valence-corrected chi connectivity index (χ1v) is 16.5. The highest BCUT2D eigenvalue weighted by Crippen LogP contribution is 2.69. The van der Waals surface area contributed by atoms with Crippen LogP contribution in [-0.4, -0.2) is 32.2 Å². The third-order valence-electron chi connectivity index (χ3n) is 12.0. The van der Waals surface area contributed by atoms with Crippen LogP contribution in [0.3, 0.4) is 0 Å². The zero-order chi connectivity index (χ0) is 27.3. The van der Waals surface area contributed by atoms with E-state index in [0.29, 0.717) is 29.7 Å². The Bertz CT molecular complexity index is 1110. The monoisotopic (exact) mass is 544 g/mol. The van der Waals surface area contributed by atoms with Gasteiger partial charge in [-0.05, 0) is 116 Å². The molecule has 3 N–H and O–H groups in total. The first kappa shape index (κ1) is 27.9. The first-order chi connectivity index (χ1) is 18.0. The highest BCUT2D eigenvalue weighted by atomic mass is 32.2. The fraction of sp³-hybridized carbons (Fsp3) is 0.774. The van der Waals surface area contributed by atoms with Crippen LogP contribution < -0.4 is 10.0 Å². The number of nitrogens with one attached hydrogen (secondary N) is 2. The Hall–Kier alpha value is -1.60. The summed E-state index contributed by atoms with van der Waals surface area (Å²) in [5.74, 6) is 4.44. The van der Waals surface area contributed by atoms with E-state index < -0.39 is 16.1 Å². The molecule has 1 aromatic carbocycles. The lowest BCUT2D eigenvalue weighted by Crippen LogP contribution is -2.57. The van der Waals surface area contributed by atoms with E-state index >= 15 is 0 Å². The van der Waals surface area contributed by atoms with Crippen LogP contribution in [0.25, 0.3) is 0 Å². The molecular formula is C31H48N2O4S. The predicted octanol–water partition coefficient (Wildman–Crippen LogP) is 5.97. The summed E-state index contributed by atoms with van der Waals surface area (Å²) in [5.41, 5.74) is 0.627. The van der Waals surface area contributed by atoms with Crippen molar-refractivity contribution in [3.8, 4) is 0 Å². The zero-order valence-corrected chi connectivity index (χ0v) is 24.5. The van der Waals surface area contributed by atoms with E-state index in [2.05, 4.69) is 37.7 Å². The number of hydrogen-bond acceptors (Lipinski definition) is 4. The maximum Gasteiger partial charge on any atom is 0.328 e. The van der Waals surface area contributed by atoms with Crippen LogP contribution in [0.15, 0.2) is 35.2 Å². The van der Waals surface area contributed by atoms with E-state index in [0.717, 1.165) is 30.6 Å². The largest absolute Gasteiger partial charge is 0.393 e. The number of aliphatic hydroxyl groups is 1. The topological polar surface area (TPSA) is 95.5 Å². The summed E-state index contributed by atoms with van der Waals surface area (Å²) in [5, 5.41) is 13.4. The van der Waals surface area contributed by atoms with Gasteiger partial charge in [-0.25, -0.2) is 17.9 Å². The van der Waals surface area contributed by atoms with Crippen molar-refractivity contribution in [2.24, 2.45) is 52.3 Å². The van der Waals surface area contributed by atoms with Gasteiger partial charge in [0, 0.05) is 6.54 Å². The Morgan fingerprint density at radius 1 is 1.00 bits per heavy atom. The number of sulfonamides is 1. The van der Waals surface area contributed by atoms with Crippen LogP contribution >= 0.6 is 0 Å². The number of carbonyl (C=O) groups excluding carboxylic acids is 1. The van der Waals surface area contributed by atoms with Gasteiger partial charge in [0.05, 0.1) is 11.0 Å². The third kappa shape index (κ3) is 4.80. The number of rotatable bonds is 6. The molecule has 0 aromatic heterocycles. The molecular weight excluding hydrogens is 496 g/mol. The van der Waals surface area contributed by atoms with Crippen LogP contribution in [-0.2, 0) is 10.0 Å². The van der Waals surface area contributed by atoms with Gasteiger partial charge in [-0.3, -0.25) is 0 Å². The second-order valence-corrected chi connectivity index (χ2v) is 15.3. The number of carbonyl (C=O) groups is 1. The predicted molar refractivity (Wildman–Crippen MR) is 150 cm³/mol. The molecule has 0 spiro atoms. The summed E-state index contributed by atoms with van der Waals surface area (Å²) in [4.78, 5) is 12.6. The molecule has 2 amide bonds. The van der Waals surface area contributed by atoms with Crippen molar-refractivity contribution < 1.29 is 18.3 Å². The standard InChI is InChI=1S/C31H48N2O4S/c1-5-21-17-24-26-12-11-25(20(2)19-32-29(35)33-38(36,37)23-9-7-6-8-10-23)30(26,3)16-14-27(24)31(4)15-13-22(34)18-28(21)31/h6-10,20-22,24-28,34H,5,11-19H2,1-4H3,(H2,32,33,35)/t20-,21+,22-,24+,25-,26+,27+,28+,30-,31-/m1/s1. The van der Waals surface area contributed by atoms with Crippen molar-refractivity contribution in [2.75, 3.05) is 6.54 Å². The fourth-order valence-electron chi connectivity index (χ4n) is 10.1. The van der Waals surface area contributed by atoms with Crippen molar-refractivity contribution >= 4 is 16.1 Å². The second kappa shape index (κ2) is 10.4. The van der Waals surface area contributed by atoms with Crippen molar-refractivity contribution in [1.29, 1.82) is 0 Å². The molecule has 0 heterocycles. The van der Waals surface area contributed by atoms with E-state index in [9.17, 15) is 18.3 Å². The number of hydrogen-bond donors (Lipinski definition) is 3. The number of aliphatic hydroxyl groups excluding tert-OH is 1. The molecule has 10 atom stereocenters. The normalized spacial score (nSPS) is 41.3. The van der Waals surface area contributed by atoms with E-state index in [1.807, 2.05) is 0 Å². The van der Waals surface area contributed by atoms with Gasteiger partial charge in [0.15, 0.2) is 0 Å². The molecule has 212 valence electrons. The van der Waals surface area contributed by atoms with E-state index in [-0.39, 0.29) is 22.3 Å². The molecule has 4 aliphatic rings. The van der Waals surface area contributed by atoms with Crippen LogP contribution in [0.4, 0.5) is 4.79 Å². The van der Waals surface area contributed by atoms with Gasteiger partial charge in [0.25, 0.3) is 10.0 Å². The minimum Gasteiger partial charge on any atom is -0.393 e. The Morgan fingerprint density at radius 2 is 1.68 bits per heavy atom. The minimum atomic E-state index is -3.88. The fourth-order valence-corrected chi connectivity index (χ4v) is 11.1. The average Bonchev–Trinajstić information content (AvgIpc) is 3.25. The van der Waals surface area contributed by atoms with E-state index in [4.69, 9.17) is 0 Å². The summed E-state index contributed by atoms with van der Waals surface area (Å²) in [6.07, 6.45) is 10.5. The number of benzene rings is 1. The van der Waals surface area contributed by atoms with Crippen LogP contribution in [0, 0.1) is 52.3 Å². The quantitative estimate of drug-likeness (QED) is 0.411. The molecule has 4 fully saturated rings. The molecule has 0 radical (unpaired) electrons. The van der Waals surface area contributed by atoms with Gasteiger partial charge in [0.2, 0.25) is 0 Å². The molecule has 1 aromatic rings. The van der Waals surface area contributed by atoms with Gasteiger partial charge in [-0.15, -0.1) is 0 Å². The Kier molecular flexibility index (Phi) is 7.66. The summed E-state index contributed by atoms with van der Waals surface area (Å²) in [7, 11) is -3.88. The molecule has 6 nitrogen and oxygen atoms in total. The zero-order valence-electron chi connectivity index (χ0n) is 23.7. The Balaban J connectivity index is 1.24. The van der Waals surface area contributed by atoms with Gasteiger partial charge >= 0.3 is 6.03 Å². The molecule has 0 saturated heterocycles. The maximum absolute atomic E-state index is 12.5. The van der Waals surface area contributed by atoms with Crippen molar-refractivity contribution in [2.45, 2.75) is 96.5 Å². The van der Waals surface area contributed by atoms with Crippen LogP contribution in [0.5, 0.6) is 0 Å². The van der Waals surface area contributed by atoms with E-state index in [1.165, 1.54) is 57.1 Å². The van der Waals surface area contributed by atoms with Gasteiger partial charge in [-0.1, -0.05) is 52.3 Å². The second-order valence-electron chi connectivity index (χ2n) is 13.7. The molecule has 0 aliphatic heterocycles. The molecule has 38 heavy (non-hydrogen) atoms. The van der Waals surface area contributed by atoms with Gasteiger partial charge in [0.1, 0.15) is 0 Å². The van der Waals surface area contributed by atoms with Crippen molar-refractivity contribution in [3.05, 3.63) is 30.3 Å². The minimum absolute atomic E-state index is 0.0902. The van der Waals surface area contributed by atoms with Crippen LogP contribution in [0.1, 0.15) is 85.5 Å². The number of urea groups is 1. The van der Waals surface area contributed by atoms with Crippen LogP contribution in [0.2, 0.25) is 0 Å². The molecule has 0 bridgehead atoms. The number of amides is 2. The summed E-state index contributed by atoms with van der Waals surface area (Å²) in [6.45, 7) is 10.1. The van der Waals surface area contributed by atoms with E-state index in [1.54, 1.807) is 18.2 Å². The van der Waals surface area contributed by atoms with Gasteiger partial charge in [-0.2, -0.15) is 0 Å². The lowest BCUT2D eigenvalue weighted by atomic mass is 9.42. The smallest absolute Gasteiger partial charge is 0.328 e. The first-order valence-electron chi connectivity index (χ1n) is 15.0. The molecule has 5 rings (SSSR count). The highest BCUT2D eigenvalue weighted by molar-refractivity contribution is 7.90. The molecule has 4 aliphatic carbocycles. The number of fused-ring (bicyclic) bond motifs is 5. The summed E-state index contributed by atoms with van der Waals surface area (Å²) < 4.78 is 27.2. The Labute approximate surface area is 229 Å². The molecule has 7 heteroatoms. The van der Waals surface area contributed by atoms with Crippen molar-refractivity contribution in [3.63, 3.8) is 0 Å². The summed E-state index contributed by atoms with van der Waals surface area (Å²) >= 11 is 0. The highest BCUT2D eigenvalue weighted by Gasteiger charge is 2.62. The Morgan fingerprint density at radius 3 is 2.39 bits per heavy atom. The average molecular weight is 545 g/mol. The third-order valence-corrected chi connectivity index (χ3v) is 13.3. The maximum atomic E-state index is 12.5. The molecule has 0 unspecified atom stereocenters. The van der Waals surface area contributed by atoms with Gasteiger partial charge < -0.3 is 10.4 Å².